The summed E-state index contributed by atoms with van der Waals surface area (Å²) in [5.41, 5.74) is 9.97. The van der Waals surface area contributed by atoms with Gasteiger partial charge >= 0.3 is 0 Å². The van der Waals surface area contributed by atoms with Crippen molar-refractivity contribution in [2.75, 3.05) is 0 Å². The summed E-state index contributed by atoms with van der Waals surface area (Å²) in [5, 5.41) is 8.86. The molecule has 0 unspecified atom stereocenters. The molecule has 4 rings (SSSR count). The van der Waals surface area contributed by atoms with Gasteiger partial charge in [0, 0.05) is 21.4 Å². The van der Waals surface area contributed by atoms with Gasteiger partial charge in [-0.2, -0.15) is 10.2 Å². The predicted octanol–water partition coefficient (Wildman–Crippen LogP) is 2.79. The van der Waals surface area contributed by atoms with Crippen molar-refractivity contribution >= 4 is 27.7 Å². The number of hydrogen-bond donors (Lipinski definition) is 2. The number of aryl methyl sites for hydroxylation is 2. The highest BCUT2D eigenvalue weighted by atomic mass is 79.9. The molecule has 1 aromatic carbocycles. The molecule has 9 heteroatoms. The van der Waals surface area contributed by atoms with Gasteiger partial charge in [-0.05, 0) is 63.8 Å². The summed E-state index contributed by atoms with van der Waals surface area (Å²) in [5.74, 6) is -0.765. The third-order valence-electron chi connectivity index (χ3n) is 5.16. The Morgan fingerprint density at radius 2 is 1.90 bits per heavy atom. The zero-order chi connectivity index (χ0) is 21.3. The number of carbonyl (C=O) groups is 2. The molecule has 0 atom stereocenters. The molecule has 30 heavy (non-hydrogen) atoms. The molecule has 0 fully saturated rings. The van der Waals surface area contributed by atoms with Crippen molar-refractivity contribution in [3.8, 4) is 5.69 Å². The predicted molar refractivity (Wildman–Crippen MR) is 115 cm³/mol. The van der Waals surface area contributed by atoms with Crippen LogP contribution in [0.15, 0.2) is 34.8 Å². The fourth-order valence-electron chi connectivity index (χ4n) is 3.80. The number of halogens is 1. The van der Waals surface area contributed by atoms with Gasteiger partial charge < -0.3 is 0 Å². The standard InChI is InChI=1S/C21H23BrN6O2/c1-13-10-14(2)27(25-13)12-19(29)23-24-21(30)20-17-8-3-4-9-18(17)28(26-20)16-7-5-6-15(22)11-16/h5-7,10-11H,3-4,8-9,12H2,1-2H3,(H,23,29)(H,24,30). The van der Waals surface area contributed by atoms with Gasteiger partial charge in [0.1, 0.15) is 6.54 Å². The summed E-state index contributed by atoms with van der Waals surface area (Å²) in [6, 6.07) is 9.72. The van der Waals surface area contributed by atoms with Crippen LogP contribution in [0.2, 0.25) is 0 Å². The van der Waals surface area contributed by atoms with E-state index in [2.05, 4.69) is 37.0 Å². The summed E-state index contributed by atoms with van der Waals surface area (Å²) < 4.78 is 4.38. The summed E-state index contributed by atoms with van der Waals surface area (Å²) in [7, 11) is 0. The molecule has 2 heterocycles. The van der Waals surface area contributed by atoms with E-state index in [1.165, 1.54) is 0 Å². The lowest BCUT2D eigenvalue weighted by Gasteiger charge is -2.14. The van der Waals surface area contributed by atoms with Gasteiger partial charge in [-0.1, -0.05) is 22.0 Å². The lowest BCUT2D eigenvalue weighted by Crippen LogP contribution is -2.43. The van der Waals surface area contributed by atoms with Gasteiger partial charge in [0.05, 0.1) is 11.4 Å². The summed E-state index contributed by atoms with van der Waals surface area (Å²) in [6.45, 7) is 3.78. The average molecular weight is 471 g/mol. The Balaban J connectivity index is 1.51. The quantitative estimate of drug-likeness (QED) is 0.573. The molecule has 0 saturated heterocycles. The van der Waals surface area contributed by atoms with E-state index in [1.807, 2.05) is 48.9 Å². The van der Waals surface area contributed by atoms with Crippen LogP contribution in [0.25, 0.3) is 5.69 Å². The first-order chi connectivity index (χ1) is 14.4. The fraction of sp³-hybridized carbons (Fsp3) is 0.333. The minimum atomic E-state index is -0.413. The van der Waals surface area contributed by atoms with Crippen LogP contribution >= 0.6 is 15.9 Å². The number of amides is 2. The van der Waals surface area contributed by atoms with Gasteiger partial charge in [-0.15, -0.1) is 0 Å². The number of hydrazine groups is 1. The Morgan fingerprint density at radius 3 is 2.63 bits per heavy atom. The highest BCUT2D eigenvalue weighted by Gasteiger charge is 2.26. The zero-order valence-electron chi connectivity index (χ0n) is 16.9. The van der Waals surface area contributed by atoms with Crippen molar-refractivity contribution in [3.05, 3.63) is 63.1 Å². The lowest BCUT2D eigenvalue weighted by molar-refractivity contribution is -0.122. The van der Waals surface area contributed by atoms with Crippen molar-refractivity contribution < 1.29 is 9.59 Å². The fourth-order valence-corrected chi connectivity index (χ4v) is 4.19. The summed E-state index contributed by atoms with van der Waals surface area (Å²) in [4.78, 5) is 25.1. The van der Waals surface area contributed by atoms with E-state index in [4.69, 9.17) is 0 Å². The minimum absolute atomic E-state index is 0.0323. The number of hydrogen-bond acceptors (Lipinski definition) is 4. The van der Waals surface area contributed by atoms with Gasteiger partial charge in [0.25, 0.3) is 11.8 Å². The van der Waals surface area contributed by atoms with Crippen LogP contribution in [0.5, 0.6) is 0 Å². The molecule has 0 bridgehead atoms. The number of benzene rings is 1. The van der Waals surface area contributed by atoms with Crippen molar-refractivity contribution in [3.63, 3.8) is 0 Å². The Bertz CT molecular complexity index is 1120. The van der Waals surface area contributed by atoms with E-state index < -0.39 is 5.91 Å². The van der Waals surface area contributed by atoms with Crippen LogP contribution in [0.3, 0.4) is 0 Å². The molecule has 1 aliphatic rings. The average Bonchev–Trinajstić information content (AvgIpc) is 3.26. The highest BCUT2D eigenvalue weighted by Crippen LogP contribution is 2.27. The van der Waals surface area contributed by atoms with Crippen LogP contribution in [-0.4, -0.2) is 31.4 Å². The first-order valence-electron chi connectivity index (χ1n) is 9.89. The number of aromatic nitrogens is 4. The number of carbonyl (C=O) groups excluding carboxylic acids is 2. The zero-order valence-corrected chi connectivity index (χ0v) is 18.5. The Labute approximate surface area is 182 Å². The maximum absolute atomic E-state index is 12.8. The van der Waals surface area contributed by atoms with E-state index in [0.29, 0.717) is 5.69 Å². The number of nitrogens with one attached hydrogen (secondary N) is 2. The minimum Gasteiger partial charge on any atom is -0.271 e. The largest absolute Gasteiger partial charge is 0.290 e. The van der Waals surface area contributed by atoms with Crippen LogP contribution in [0.4, 0.5) is 0 Å². The van der Waals surface area contributed by atoms with Gasteiger partial charge in [0.15, 0.2) is 5.69 Å². The Morgan fingerprint density at radius 1 is 1.10 bits per heavy atom. The molecule has 1 aliphatic carbocycles. The summed E-state index contributed by atoms with van der Waals surface area (Å²) >= 11 is 3.49. The molecule has 0 aliphatic heterocycles. The van der Waals surface area contributed by atoms with Gasteiger partial charge in [-0.3, -0.25) is 25.1 Å². The lowest BCUT2D eigenvalue weighted by atomic mass is 9.95. The molecule has 0 saturated carbocycles. The highest BCUT2D eigenvalue weighted by molar-refractivity contribution is 9.10. The Hall–Kier alpha value is -2.94. The van der Waals surface area contributed by atoms with E-state index in [-0.39, 0.29) is 12.5 Å². The first kappa shape index (κ1) is 20.3. The molecule has 8 nitrogen and oxygen atoms in total. The molecule has 2 N–H and O–H groups in total. The van der Waals surface area contributed by atoms with E-state index in [9.17, 15) is 9.59 Å². The van der Waals surface area contributed by atoms with Crippen LogP contribution < -0.4 is 10.9 Å². The molecule has 3 aromatic rings. The van der Waals surface area contributed by atoms with E-state index in [0.717, 1.165) is 58.5 Å². The third-order valence-corrected chi connectivity index (χ3v) is 5.65. The number of nitrogens with zero attached hydrogens (tertiary/aromatic N) is 4. The molecular formula is C21H23BrN6O2. The van der Waals surface area contributed by atoms with Gasteiger partial charge in [0.2, 0.25) is 0 Å². The topological polar surface area (TPSA) is 93.8 Å². The smallest absolute Gasteiger partial charge is 0.271 e. The maximum Gasteiger partial charge on any atom is 0.290 e. The second-order valence-electron chi connectivity index (χ2n) is 7.46. The van der Waals surface area contributed by atoms with Gasteiger partial charge in [-0.25, -0.2) is 4.68 Å². The molecule has 0 spiro atoms. The molecular weight excluding hydrogens is 448 g/mol. The van der Waals surface area contributed by atoms with Crippen LogP contribution in [0.1, 0.15) is 46.0 Å². The molecule has 2 amide bonds. The van der Waals surface area contributed by atoms with Crippen molar-refractivity contribution in [1.82, 2.24) is 30.4 Å². The van der Waals surface area contributed by atoms with Crippen molar-refractivity contribution in [1.29, 1.82) is 0 Å². The molecule has 2 aromatic heterocycles. The van der Waals surface area contributed by atoms with Crippen molar-refractivity contribution in [2.45, 2.75) is 46.1 Å². The normalized spacial score (nSPS) is 13.0. The van der Waals surface area contributed by atoms with Crippen LogP contribution in [-0.2, 0) is 24.2 Å². The molecule has 0 radical (unpaired) electrons. The summed E-state index contributed by atoms with van der Waals surface area (Å²) in [6.07, 6.45) is 3.74. The monoisotopic (exact) mass is 470 g/mol. The van der Waals surface area contributed by atoms with E-state index >= 15 is 0 Å². The SMILES string of the molecule is Cc1cc(C)n(CC(=O)NNC(=O)c2nn(-c3cccc(Br)c3)c3c2CCCC3)n1. The number of fused-ring (bicyclic) bond motifs is 1. The van der Waals surface area contributed by atoms with Crippen LogP contribution in [0, 0.1) is 13.8 Å². The first-order valence-corrected chi connectivity index (χ1v) is 10.7. The van der Waals surface area contributed by atoms with Crippen molar-refractivity contribution in [2.24, 2.45) is 0 Å². The number of rotatable bonds is 4. The van der Waals surface area contributed by atoms with E-state index in [1.54, 1.807) is 4.68 Å². The second kappa shape index (κ2) is 8.43. The second-order valence-corrected chi connectivity index (χ2v) is 8.38. The third kappa shape index (κ3) is 4.16. The Kier molecular flexibility index (Phi) is 5.72. The maximum atomic E-state index is 12.8. The molecule has 156 valence electrons.